The van der Waals surface area contributed by atoms with Gasteiger partial charge in [0.25, 0.3) is 0 Å². The number of amides is 3. The van der Waals surface area contributed by atoms with Gasteiger partial charge in [-0.05, 0) is 19.3 Å². The van der Waals surface area contributed by atoms with Crippen molar-refractivity contribution in [3.8, 4) is 0 Å². The highest BCUT2D eigenvalue weighted by Crippen LogP contribution is 2.18. The maximum Gasteiger partial charge on any atom is 0.326 e. The molecule has 2 saturated heterocycles. The Kier molecular flexibility index (Phi) is 6.89. The smallest absolute Gasteiger partial charge is 0.326 e. The Morgan fingerprint density at radius 1 is 1.27 bits per heavy atom. The van der Waals surface area contributed by atoms with Crippen LogP contribution in [0.2, 0.25) is 0 Å². The van der Waals surface area contributed by atoms with Crippen molar-refractivity contribution >= 4 is 23.7 Å². The number of aliphatic hydroxyl groups excluding tert-OH is 2. The largest absolute Gasteiger partial charge is 0.480 e. The number of carboxylic acids is 1. The van der Waals surface area contributed by atoms with E-state index in [-0.39, 0.29) is 13.0 Å². The third-order valence-corrected chi connectivity index (χ3v) is 4.48. The number of hydrogen-bond donors (Lipinski definition) is 6. The zero-order valence-corrected chi connectivity index (χ0v) is 14.2. The van der Waals surface area contributed by atoms with E-state index < -0.39 is 61.1 Å². The maximum atomic E-state index is 12.4. The Bertz CT molecular complexity index is 570. The Balaban J connectivity index is 1.82. The van der Waals surface area contributed by atoms with Crippen LogP contribution < -0.4 is 16.0 Å². The lowest BCUT2D eigenvalue weighted by atomic mass is 10.2. The number of hydrogen-bond acceptors (Lipinski definition) is 7. The second-order valence-corrected chi connectivity index (χ2v) is 6.40. The summed E-state index contributed by atoms with van der Waals surface area (Å²) in [7, 11) is 0. The molecule has 0 spiro atoms. The average molecular weight is 372 g/mol. The van der Waals surface area contributed by atoms with Crippen LogP contribution in [-0.2, 0) is 19.2 Å². The van der Waals surface area contributed by atoms with Crippen LogP contribution >= 0.6 is 0 Å². The highest BCUT2D eigenvalue weighted by molar-refractivity contribution is 5.93. The first-order chi connectivity index (χ1) is 12.3. The van der Waals surface area contributed by atoms with Crippen molar-refractivity contribution < 1.29 is 34.5 Å². The Morgan fingerprint density at radius 3 is 2.58 bits per heavy atom. The Hall–Kier alpha value is -2.24. The van der Waals surface area contributed by atoms with Gasteiger partial charge < -0.3 is 36.2 Å². The third kappa shape index (κ3) is 4.90. The third-order valence-electron chi connectivity index (χ3n) is 4.48. The highest BCUT2D eigenvalue weighted by Gasteiger charge is 2.37. The molecule has 146 valence electrons. The summed E-state index contributed by atoms with van der Waals surface area (Å²) in [6, 6.07) is -2.83. The molecule has 0 unspecified atom stereocenters. The van der Waals surface area contributed by atoms with E-state index in [1.165, 1.54) is 0 Å². The lowest BCUT2D eigenvalue weighted by molar-refractivity contribution is -0.149. The molecule has 0 aromatic rings. The van der Waals surface area contributed by atoms with Gasteiger partial charge in [0.1, 0.15) is 12.1 Å². The minimum atomic E-state index is -1.27. The molecule has 0 saturated carbocycles. The fourth-order valence-corrected chi connectivity index (χ4v) is 3.13. The Labute approximate surface area is 149 Å². The number of aliphatic hydroxyl groups is 2. The number of β-amino-alcohol motifs (C(OH)–C–C–N with tert-alkyl or cyclic N) is 1. The number of aliphatic carboxylic acids is 1. The topological polar surface area (TPSA) is 168 Å². The monoisotopic (exact) mass is 372 g/mol. The molecule has 0 aromatic heterocycles. The van der Waals surface area contributed by atoms with Crippen LogP contribution in [0.15, 0.2) is 0 Å². The van der Waals surface area contributed by atoms with E-state index in [0.29, 0.717) is 19.4 Å². The van der Waals surface area contributed by atoms with Gasteiger partial charge >= 0.3 is 5.97 Å². The summed E-state index contributed by atoms with van der Waals surface area (Å²) in [4.78, 5) is 48.5. The molecule has 0 bridgehead atoms. The first kappa shape index (κ1) is 20.1. The number of rotatable bonds is 7. The summed E-state index contributed by atoms with van der Waals surface area (Å²) >= 11 is 0. The van der Waals surface area contributed by atoms with Crippen molar-refractivity contribution in [2.24, 2.45) is 0 Å². The molecule has 4 atom stereocenters. The molecule has 11 nitrogen and oxygen atoms in total. The molecule has 3 amide bonds. The van der Waals surface area contributed by atoms with Gasteiger partial charge in [0.15, 0.2) is 0 Å². The molecule has 2 heterocycles. The second kappa shape index (κ2) is 8.92. The molecule has 2 aliphatic rings. The van der Waals surface area contributed by atoms with Gasteiger partial charge in [0.2, 0.25) is 17.7 Å². The lowest BCUT2D eigenvalue weighted by Crippen LogP contribution is -2.55. The van der Waals surface area contributed by atoms with Gasteiger partial charge in [0.05, 0.1) is 25.3 Å². The molecule has 26 heavy (non-hydrogen) atoms. The van der Waals surface area contributed by atoms with E-state index in [9.17, 15) is 29.4 Å². The van der Waals surface area contributed by atoms with Crippen LogP contribution in [-0.4, -0.2) is 94.4 Å². The zero-order valence-electron chi connectivity index (χ0n) is 14.2. The molecule has 2 fully saturated rings. The van der Waals surface area contributed by atoms with Crippen LogP contribution in [0.1, 0.15) is 19.3 Å². The fourth-order valence-electron chi connectivity index (χ4n) is 3.13. The van der Waals surface area contributed by atoms with E-state index in [4.69, 9.17) is 5.11 Å². The van der Waals surface area contributed by atoms with Gasteiger partial charge in [-0.25, -0.2) is 4.79 Å². The van der Waals surface area contributed by atoms with Crippen LogP contribution in [0.25, 0.3) is 0 Å². The van der Waals surface area contributed by atoms with Crippen molar-refractivity contribution in [2.75, 3.05) is 26.2 Å². The first-order valence-electron chi connectivity index (χ1n) is 8.46. The molecule has 0 radical (unpaired) electrons. The van der Waals surface area contributed by atoms with Crippen molar-refractivity contribution in [1.82, 2.24) is 20.9 Å². The maximum absolute atomic E-state index is 12.4. The summed E-state index contributed by atoms with van der Waals surface area (Å²) in [5, 5.41) is 35.4. The molecule has 2 aliphatic heterocycles. The lowest BCUT2D eigenvalue weighted by Gasteiger charge is -2.26. The van der Waals surface area contributed by atoms with E-state index in [1.54, 1.807) is 0 Å². The van der Waals surface area contributed by atoms with Crippen LogP contribution in [0, 0.1) is 0 Å². The molecule has 6 N–H and O–H groups in total. The molecule has 11 heteroatoms. The predicted molar refractivity (Wildman–Crippen MR) is 86.8 cm³/mol. The summed E-state index contributed by atoms with van der Waals surface area (Å²) in [5.41, 5.74) is 0. The summed E-state index contributed by atoms with van der Waals surface area (Å²) in [6.07, 6.45) is 0.490. The minimum absolute atomic E-state index is 0.245. The quantitative estimate of drug-likeness (QED) is 0.266. The van der Waals surface area contributed by atoms with Crippen molar-refractivity contribution in [1.29, 1.82) is 0 Å². The van der Waals surface area contributed by atoms with Gasteiger partial charge in [-0.3, -0.25) is 14.4 Å². The molecular weight excluding hydrogens is 348 g/mol. The standard InChI is InChI=1S/C15H24N4O7/c20-7-10(14(24)19-3-1-2-11(19)15(25)26)18-12(22)6-17-13(23)9-4-8(21)5-16-9/h8-11,16,20-21H,1-7H2,(H,17,23)(H,18,22)(H,25,26)/t8-,9+,10+,11+/m1/s1. The molecule has 2 rings (SSSR count). The van der Waals surface area contributed by atoms with E-state index in [1.807, 2.05) is 0 Å². The van der Waals surface area contributed by atoms with Crippen LogP contribution in [0.3, 0.4) is 0 Å². The number of nitrogens with zero attached hydrogens (tertiary/aromatic N) is 1. The minimum Gasteiger partial charge on any atom is -0.480 e. The number of likely N-dealkylation sites (tertiary alicyclic amines) is 1. The number of nitrogens with one attached hydrogen (secondary N) is 3. The molecular formula is C15H24N4O7. The zero-order chi connectivity index (χ0) is 19.3. The SMILES string of the molecule is O=C(CNC(=O)[C@@H]1C[C@@H](O)CN1)N[C@@H](CO)C(=O)N1CCC[C@H]1C(=O)O. The van der Waals surface area contributed by atoms with E-state index in [0.717, 1.165) is 4.90 Å². The normalized spacial score (nSPS) is 26.4. The number of carboxylic acid groups (broad SMARTS) is 1. The molecule has 0 aromatic carbocycles. The van der Waals surface area contributed by atoms with Crippen molar-refractivity contribution in [2.45, 2.75) is 43.5 Å². The van der Waals surface area contributed by atoms with E-state index >= 15 is 0 Å². The summed E-state index contributed by atoms with van der Waals surface area (Å²) in [6.45, 7) is -0.544. The average Bonchev–Trinajstić information content (AvgIpc) is 3.25. The number of carbonyl (C=O) groups is 4. The van der Waals surface area contributed by atoms with Gasteiger partial charge in [-0.15, -0.1) is 0 Å². The fraction of sp³-hybridized carbons (Fsp3) is 0.733. The van der Waals surface area contributed by atoms with Gasteiger partial charge in [-0.1, -0.05) is 0 Å². The van der Waals surface area contributed by atoms with E-state index in [2.05, 4.69) is 16.0 Å². The van der Waals surface area contributed by atoms with Crippen LogP contribution in [0.5, 0.6) is 0 Å². The summed E-state index contributed by atoms with van der Waals surface area (Å²) in [5.74, 6) is -2.93. The van der Waals surface area contributed by atoms with Crippen LogP contribution in [0.4, 0.5) is 0 Å². The predicted octanol–water partition coefficient (Wildman–Crippen LogP) is -3.62. The Morgan fingerprint density at radius 2 is 2.00 bits per heavy atom. The highest BCUT2D eigenvalue weighted by atomic mass is 16.4. The second-order valence-electron chi connectivity index (χ2n) is 6.40. The summed E-state index contributed by atoms with van der Waals surface area (Å²) < 4.78 is 0. The molecule has 0 aliphatic carbocycles. The van der Waals surface area contributed by atoms with Crippen molar-refractivity contribution in [3.63, 3.8) is 0 Å². The van der Waals surface area contributed by atoms with Gasteiger partial charge in [0, 0.05) is 13.1 Å². The first-order valence-corrected chi connectivity index (χ1v) is 8.46. The van der Waals surface area contributed by atoms with Crippen molar-refractivity contribution in [3.05, 3.63) is 0 Å². The number of carbonyl (C=O) groups excluding carboxylic acids is 3. The van der Waals surface area contributed by atoms with Gasteiger partial charge in [-0.2, -0.15) is 0 Å².